The van der Waals surface area contributed by atoms with Gasteiger partial charge in [-0.05, 0) is 70.3 Å². The summed E-state index contributed by atoms with van der Waals surface area (Å²) in [7, 11) is 2.16. The van der Waals surface area contributed by atoms with E-state index in [1.54, 1.807) is 0 Å². The summed E-state index contributed by atoms with van der Waals surface area (Å²) in [4.78, 5) is 16.8. The van der Waals surface area contributed by atoms with E-state index in [9.17, 15) is 9.65 Å². The van der Waals surface area contributed by atoms with E-state index in [1.807, 2.05) is 0 Å². The number of hydrogen-bond donors (Lipinski definition) is 1. The number of nitriles is 1. The Balaban J connectivity index is 1.36. The fourth-order valence-electron chi connectivity index (χ4n) is 7.85. The van der Waals surface area contributed by atoms with Crippen molar-refractivity contribution in [2.75, 3.05) is 57.0 Å². The predicted molar refractivity (Wildman–Crippen MR) is 176 cm³/mol. The molecule has 0 aliphatic carbocycles. The summed E-state index contributed by atoms with van der Waals surface area (Å²) < 4.78 is 45.2. The highest BCUT2D eigenvalue weighted by Gasteiger charge is 2.37. The fourth-order valence-corrected chi connectivity index (χ4v) is 9.13. The molecule has 9 nitrogen and oxygen atoms in total. The van der Waals surface area contributed by atoms with Crippen LogP contribution in [0.5, 0.6) is 11.8 Å². The number of aromatic nitrogens is 2. The van der Waals surface area contributed by atoms with Gasteiger partial charge in [-0.2, -0.15) is 15.2 Å². The van der Waals surface area contributed by atoms with Crippen LogP contribution in [0.15, 0.2) is 12.1 Å². The molecule has 4 aliphatic rings. The number of rotatable bonds is 3. The molecule has 2 aromatic carbocycles. The summed E-state index contributed by atoms with van der Waals surface area (Å²) in [5, 5.41) is 10.7. The second-order valence-electron chi connectivity index (χ2n) is 12.8. The number of benzene rings is 2. The van der Waals surface area contributed by atoms with Gasteiger partial charge >= 0.3 is 6.01 Å². The number of anilines is 2. The van der Waals surface area contributed by atoms with Crippen molar-refractivity contribution in [3.8, 4) is 29.0 Å². The Hall–Kier alpha value is -3.50. The monoisotopic (exact) mass is 665 g/mol. The van der Waals surface area contributed by atoms with Crippen LogP contribution in [0.4, 0.5) is 19.6 Å². The second kappa shape index (κ2) is 11.6. The first-order valence-corrected chi connectivity index (χ1v) is 17.1. The molecule has 4 aliphatic heterocycles. The van der Waals surface area contributed by atoms with E-state index in [4.69, 9.17) is 36.8 Å². The SMILES string of the molecule is CN1CCCC1CC1CCCN2CCC(C2)N2CCOc3c(Cl)c(-c4ccc(F)c5sc(N)c(C#N)c45)c(F)c4nc(nc2c34)O1. The number of nitrogens with two attached hydrogens (primary N) is 1. The zero-order chi connectivity index (χ0) is 31.7. The number of nitrogen functional groups attached to an aromatic ring is 1. The van der Waals surface area contributed by atoms with Crippen molar-refractivity contribution in [3.63, 3.8) is 0 Å². The molecule has 0 saturated carbocycles. The van der Waals surface area contributed by atoms with E-state index in [-0.39, 0.29) is 66.2 Å². The number of nitrogens with zero attached hydrogens (tertiary/aromatic N) is 6. The molecule has 0 spiro atoms. The zero-order valence-corrected chi connectivity index (χ0v) is 27.1. The molecular weight excluding hydrogens is 632 g/mol. The van der Waals surface area contributed by atoms with Gasteiger partial charge in [0.2, 0.25) is 0 Å². The number of halogens is 3. The zero-order valence-electron chi connectivity index (χ0n) is 25.5. The Bertz CT molecular complexity index is 1920. The van der Waals surface area contributed by atoms with Crippen LogP contribution in [-0.4, -0.2) is 84.3 Å². The molecule has 2 aromatic heterocycles. The van der Waals surface area contributed by atoms with Gasteiger partial charge < -0.3 is 29.9 Å². The first-order chi connectivity index (χ1) is 22.3. The summed E-state index contributed by atoms with van der Waals surface area (Å²) in [6, 6.07) is 5.43. The molecule has 0 radical (unpaired) electrons. The lowest BCUT2D eigenvalue weighted by atomic mass is 9.96. The third kappa shape index (κ3) is 4.82. The normalized spacial score (nSPS) is 24.8. The largest absolute Gasteiger partial charge is 0.489 e. The molecule has 13 heteroatoms. The van der Waals surface area contributed by atoms with Gasteiger partial charge in [0.25, 0.3) is 0 Å². The minimum Gasteiger partial charge on any atom is -0.489 e. The maximum absolute atomic E-state index is 17.2. The van der Waals surface area contributed by atoms with Crippen LogP contribution < -0.4 is 20.1 Å². The first kappa shape index (κ1) is 29.9. The average Bonchev–Trinajstić information content (AvgIpc) is 3.72. The molecule has 46 heavy (non-hydrogen) atoms. The smallest absolute Gasteiger partial charge is 0.319 e. The minimum atomic E-state index is -0.712. The van der Waals surface area contributed by atoms with Crippen LogP contribution in [0.3, 0.4) is 0 Å². The minimum absolute atomic E-state index is 0.0169. The molecule has 4 aromatic rings. The Morgan fingerprint density at radius 2 is 1.96 bits per heavy atom. The lowest BCUT2D eigenvalue weighted by Gasteiger charge is -2.31. The van der Waals surface area contributed by atoms with Crippen molar-refractivity contribution < 1.29 is 18.3 Å². The first-order valence-electron chi connectivity index (χ1n) is 15.9. The van der Waals surface area contributed by atoms with E-state index in [1.165, 1.54) is 12.1 Å². The highest BCUT2D eigenvalue weighted by atomic mass is 35.5. The molecular formula is C33H34ClF2N7O2S. The molecule has 8 rings (SSSR count). The molecule has 2 saturated heterocycles. The number of hydrogen-bond acceptors (Lipinski definition) is 10. The Kier molecular flexibility index (Phi) is 7.55. The number of fused-ring (bicyclic) bond motifs is 5. The van der Waals surface area contributed by atoms with Crippen LogP contribution in [0.1, 0.15) is 44.1 Å². The van der Waals surface area contributed by atoms with Crippen molar-refractivity contribution in [1.29, 1.82) is 5.26 Å². The quantitative estimate of drug-likeness (QED) is 0.274. The van der Waals surface area contributed by atoms with Crippen LogP contribution in [-0.2, 0) is 0 Å². The van der Waals surface area contributed by atoms with E-state index >= 15 is 4.39 Å². The van der Waals surface area contributed by atoms with E-state index in [2.05, 4.69) is 27.8 Å². The van der Waals surface area contributed by atoms with Crippen LogP contribution in [0.25, 0.3) is 32.1 Å². The second-order valence-corrected chi connectivity index (χ2v) is 14.2. The van der Waals surface area contributed by atoms with E-state index < -0.39 is 11.6 Å². The van der Waals surface area contributed by atoms with Gasteiger partial charge in [-0.15, -0.1) is 11.3 Å². The lowest BCUT2D eigenvalue weighted by Crippen LogP contribution is -2.41. The standard InChI is InChI=1S/C33H34ClF2N7O2S/c1-41-9-2-4-17(41)14-19-5-3-10-42-11-8-18(16-42)43-12-13-44-29-25-28(39-33(45-19)40-32(25)43)27(36)24(26(29)34)20-6-7-22(35)30-23(20)21(15-37)31(38)46-30/h6-7,17-19H,2-5,8-14,16,38H2,1H3. The molecule has 4 unspecified atom stereocenters. The van der Waals surface area contributed by atoms with Crippen LogP contribution >= 0.6 is 22.9 Å². The maximum Gasteiger partial charge on any atom is 0.319 e. The van der Waals surface area contributed by atoms with Crippen LogP contribution in [0, 0.1) is 23.0 Å². The summed E-state index contributed by atoms with van der Waals surface area (Å²) in [6.45, 7) is 4.75. The summed E-state index contributed by atoms with van der Waals surface area (Å²) in [5.41, 5.74) is 6.44. The van der Waals surface area contributed by atoms with Crippen molar-refractivity contribution >= 4 is 54.7 Å². The van der Waals surface area contributed by atoms with Gasteiger partial charge in [0.1, 0.15) is 40.9 Å². The van der Waals surface area contributed by atoms with E-state index in [0.717, 1.165) is 76.0 Å². The highest BCUT2D eigenvalue weighted by molar-refractivity contribution is 7.23. The Labute approximate surface area is 274 Å². The highest BCUT2D eigenvalue weighted by Crippen LogP contribution is 2.51. The predicted octanol–water partition coefficient (Wildman–Crippen LogP) is 6.20. The molecule has 240 valence electrons. The third-order valence-corrected chi connectivity index (χ3v) is 11.5. The lowest BCUT2D eigenvalue weighted by molar-refractivity contribution is 0.126. The molecule has 0 amide bonds. The van der Waals surface area contributed by atoms with Gasteiger partial charge in [-0.25, -0.2) is 8.78 Å². The third-order valence-electron chi connectivity index (χ3n) is 10.2. The van der Waals surface area contributed by atoms with Crippen molar-refractivity contribution in [2.45, 2.75) is 56.7 Å². The molecule has 2 fully saturated rings. The topological polar surface area (TPSA) is 104 Å². The van der Waals surface area contributed by atoms with Gasteiger partial charge in [0, 0.05) is 36.1 Å². The molecule has 6 heterocycles. The fraction of sp³-hybridized carbons (Fsp3) is 0.485. The summed E-state index contributed by atoms with van der Waals surface area (Å²) in [6.07, 6.45) is 5.76. The van der Waals surface area contributed by atoms with Crippen LogP contribution in [0.2, 0.25) is 5.02 Å². The van der Waals surface area contributed by atoms with Gasteiger partial charge in [0.05, 0.1) is 27.2 Å². The van der Waals surface area contributed by atoms with Gasteiger partial charge in [-0.3, -0.25) is 0 Å². The van der Waals surface area contributed by atoms with Crippen molar-refractivity contribution in [2.24, 2.45) is 0 Å². The van der Waals surface area contributed by atoms with Gasteiger partial charge in [0.15, 0.2) is 11.6 Å². The Morgan fingerprint density at radius 3 is 2.76 bits per heavy atom. The van der Waals surface area contributed by atoms with E-state index in [0.29, 0.717) is 30.4 Å². The summed E-state index contributed by atoms with van der Waals surface area (Å²) >= 11 is 8.01. The van der Waals surface area contributed by atoms with Crippen molar-refractivity contribution in [3.05, 3.63) is 34.4 Å². The molecule has 4 bridgehead atoms. The molecule has 4 atom stereocenters. The number of likely N-dealkylation sites (tertiary alicyclic amines) is 1. The maximum atomic E-state index is 17.2. The average molecular weight is 666 g/mol. The number of thiophene rings is 1. The summed E-state index contributed by atoms with van der Waals surface area (Å²) in [5.74, 6) is -0.449. The Morgan fingerprint density at radius 1 is 1.11 bits per heavy atom. The van der Waals surface area contributed by atoms with Crippen molar-refractivity contribution in [1.82, 2.24) is 19.8 Å². The number of ether oxygens (including phenoxy) is 2. The van der Waals surface area contributed by atoms with Gasteiger partial charge in [-0.1, -0.05) is 17.7 Å². The molecule has 2 N–H and O–H groups in total.